The van der Waals surface area contributed by atoms with Crippen molar-refractivity contribution < 1.29 is 4.79 Å². The van der Waals surface area contributed by atoms with Crippen LogP contribution in [-0.4, -0.2) is 16.5 Å². The van der Waals surface area contributed by atoms with E-state index in [9.17, 15) is 4.79 Å². The lowest BCUT2D eigenvalue weighted by Gasteiger charge is -2.10. The van der Waals surface area contributed by atoms with Crippen LogP contribution in [0.1, 0.15) is 35.3 Å². The van der Waals surface area contributed by atoms with Crippen molar-refractivity contribution in [3.63, 3.8) is 0 Å². The Morgan fingerprint density at radius 2 is 1.85 bits per heavy atom. The third-order valence-corrected chi connectivity index (χ3v) is 3.55. The van der Waals surface area contributed by atoms with E-state index in [2.05, 4.69) is 28.4 Å². The molecule has 1 aromatic carbocycles. The molecule has 0 aliphatic carbocycles. The Balaban J connectivity index is 2.58. The first-order chi connectivity index (χ1) is 12.8. The Morgan fingerprint density at radius 1 is 1.15 bits per heavy atom. The van der Waals surface area contributed by atoms with Gasteiger partial charge >= 0.3 is 0 Å². The van der Waals surface area contributed by atoms with Gasteiger partial charge < -0.3 is 17.2 Å². The second kappa shape index (κ2) is 8.50. The van der Waals surface area contributed by atoms with Gasteiger partial charge in [0, 0.05) is 28.6 Å². The summed E-state index contributed by atoms with van der Waals surface area (Å²) in [5.74, 6) is 6.47. The van der Waals surface area contributed by atoms with Gasteiger partial charge in [-0.15, -0.1) is 0 Å². The molecule has 0 saturated carbocycles. The predicted octanol–water partition coefficient (Wildman–Crippen LogP) is 2.37. The number of nitrogen functional groups attached to an aromatic ring is 1. The van der Waals surface area contributed by atoms with Crippen molar-refractivity contribution in [3.05, 3.63) is 83.0 Å². The molecule has 6 nitrogen and oxygen atoms in total. The Hall–Kier alpha value is -3.85. The molecule has 0 fully saturated rings. The minimum atomic E-state index is -0.0585. The highest BCUT2D eigenvalue weighted by molar-refractivity contribution is 6.17. The summed E-state index contributed by atoms with van der Waals surface area (Å²) < 4.78 is 0. The molecule has 1 aromatic heterocycles. The average molecular weight is 359 g/mol. The van der Waals surface area contributed by atoms with Crippen LogP contribution in [0.15, 0.2) is 71.3 Å². The maximum absolute atomic E-state index is 11.7. The number of hydrogen-bond donors (Lipinski definition) is 3. The van der Waals surface area contributed by atoms with Crippen LogP contribution in [-0.2, 0) is 0 Å². The number of rotatable bonds is 4. The van der Waals surface area contributed by atoms with Crippen LogP contribution >= 0.6 is 0 Å². The topological polar surface area (TPSA) is 120 Å². The number of benzene rings is 1. The van der Waals surface area contributed by atoms with Crippen LogP contribution in [0, 0.1) is 11.8 Å². The standard InChI is InChI=1S/C21H21N5O/c1-13(22)19(9-7-16-8-10-20(24)25-12-16)21(26-15(3)23)18-6-4-5-17(11-18)14(2)27/h4-6,8,10-12H,3,22-23H2,1-2H3,(H2,24,25)/b19-13-,26-21-. The van der Waals surface area contributed by atoms with Crippen molar-refractivity contribution in [3.8, 4) is 11.8 Å². The number of carbonyl (C=O) groups excluding carboxylic acids is 1. The summed E-state index contributed by atoms with van der Waals surface area (Å²) in [4.78, 5) is 20.0. The second-order valence-corrected chi connectivity index (χ2v) is 5.87. The van der Waals surface area contributed by atoms with Crippen LogP contribution in [0.5, 0.6) is 0 Å². The minimum absolute atomic E-state index is 0.0585. The highest BCUT2D eigenvalue weighted by Crippen LogP contribution is 2.15. The molecule has 0 aliphatic heterocycles. The number of nitrogens with two attached hydrogens (primary N) is 3. The second-order valence-electron chi connectivity index (χ2n) is 5.87. The largest absolute Gasteiger partial charge is 0.401 e. The molecule has 0 spiro atoms. The number of aromatic nitrogens is 1. The Morgan fingerprint density at radius 3 is 2.41 bits per heavy atom. The highest BCUT2D eigenvalue weighted by atomic mass is 16.1. The first-order valence-corrected chi connectivity index (χ1v) is 8.12. The van der Waals surface area contributed by atoms with Gasteiger partial charge in [-0.1, -0.05) is 36.6 Å². The van der Waals surface area contributed by atoms with Crippen LogP contribution in [0.25, 0.3) is 0 Å². The molecule has 0 amide bonds. The fourth-order valence-corrected chi connectivity index (χ4v) is 2.25. The molecule has 27 heavy (non-hydrogen) atoms. The summed E-state index contributed by atoms with van der Waals surface area (Å²) in [7, 11) is 0. The van der Waals surface area contributed by atoms with Crippen molar-refractivity contribution in [2.75, 3.05) is 5.73 Å². The van der Waals surface area contributed by atoms with E-state index in [-0.39, 0.29) is 11.6 Å². The molecule has 0 bridgehead atoms. The molecule has 2 rings (SSSR count). The van der Waals surface area contributed by atoms with Gasteiger partial charge in [0.15, 0.2) is 5.78 Å². The number of nitrogens with zero attached hydrogens (tertiary/aromatic N) is 2. The third kappa shape index (κ3) is 5.31. The number of pyridine rings is 1. The number of carbonyl (C=O) groups is 1. The summed E-state index contributed by atoms with van der Waals surface area (Å²) in [6.07, 6.45) is 1.57. The molecule has 6 N–H and O–H groups in total. The van der Waals surface area contributed by atoms with Crippen LogP contribution in [0.3, 0.4) is 0 Å². The lowest BCUT2D eigenvalue weighted by Crippen LogP contribution is -2.12. The molecule has 0 unspecified atom stereocenters. The fourth-order valence-electron chi connectivity index (χ4n) is 2.25. The van der Waals surface area contributed by atoms with Gasteiger partial charge in [-0.25, -0.2) is 9.98 Å². The number of allylic oxidation sites excluding steroid dienone is 2. The summed E-state index contributed by atoms with van der Waals surface area (Å²) in [6, 6.07) is 10.4. The molecule has 2 aromatic rings. The maximum atomic E-state index is 11.7. The lowest BCUT2D eigenvalue weighted by atomic mass is 9.98. The van der Waals surface area contributed by atoms with Gasteiger partial charge in [0.1, 0.15) is 11.6 Å². The van der Waals surface area contributed by atoms with Gasteiger partial charge in [-0.05, 0) is 32.0 Å². The van der Waals surface area contributed by atoms with E-state index < -0.39 is 0 Å². The molecule has 0 saturated heterocycles. The Kier molecular flexibility index (Phi) is 6.13. The van der Waals surface area contributed by atoms with E-state index in [0.29, 0.717) is 39.5 Å². The number of hydrogen-bond acceptors (Lipinski definition) is 6. The van der Waals surface area contributed by atoms with Crippen molar-refractivity contribution >= 4 is 17.3 Å². The van der Waals surface area contributed by atoms with E-state index in [1.54, 1.807) is 43.5 Å². The van der Waals surface area contributed by atoms with Crippen LogP contribution < -0.4 is 17.2 Å². The number of aliphatic imine (C=N–C) groups is 1. The molecular weight excluding hydrogens is 338 g/mol. The zero-order valence-electron chi connectivity index (χ0n) is 15.3. The Labute approximate surface area is 158 Å². The highest BCUT2D eigenvalue weighted by Gasteiger charge is 2.13. The average Bonchev–Trinajstić information content (AvgIpc) is 2.62. The number of anilines is 1. The smallest absolute Gasteiger partial charge is 0.159 e. The lowest BCUT2D eigenvalue weighted by molar-refractivity contribution is 0.101. The zero-order valence-corrected chi connectivity index (χ0v) is 15.3. The van der Waals surface area contributed by atoms with Crippen LogP contribution in [0.2, 0.25) is 0 Å². The van der Waals surface area contributed by atoms with Gasteiger partial charge in [0.05, 0.1) is 11.3 Å². The van der Waals surface area contributed by atoms with Crippen molar-refractivity contribution in [2.45, 2.75) is 13.8 Å². The van der Waals surface area contributed by atoms with Gasteiger partial charge in [0.2, 0.25) is 0 Å². The van der Waals surface area contributed by atoms with Gasteiger partial charge in [0.25, 0.3) is 0 Å². The predicted molar refractivity (Wildman–Crippen MR) is 109 cm³/mol. The normalized spacial score (nSPS) is 11.9. The maximum Gasteiger partial charge on any atom is 0.159 e. The quantitative estimate of drug-likeness (QED) is 0.440. The van der Waals surface area contributed by atoms with E-state index in [1.807, 2.05) is 6.07 Å². The first-order valence-electron chi connectivity index (χ1n) is 8.12. The number of ketones is 1. The monoisotopic (exact) mass is 359 g/mol. The molecule has 0 radical (unpaired) electrons. The van der Waals surface area contributed by atoms with E-state index >= 15 is 0 Å². The zero-order chi connectivity index (χ0) is 20.0. The van der Waals surface area contributed by atoms with Crippen molar-refractivity contribution in [1.82, 2.24) is 4.98 Å². The summed E-state index contributed by atoms with van der Waals surface area (Å²) in [6.45, 7) is 6.85. The third-order valence-electron chi connectivity index (χ3n) is 3.55. The van der Waals surface area contributed by atoms with E-state index in [4.69, 9.17) is 17.2 Å². The first kappa shape index (κ1) is 19.5. The molecule has 136 valence electrons. The summed E-state index contributed by atoms with van der Waals surface area (Å²) in [5.41, 5.74) is 20.6. The van der Waals surface area contributed by atoms with Gasteiger partial charge in [-0.3, -0.25) is 4.79 Å². The van der Waals surface area contributed by atoms with E-state index in [0.717, 1.165) is 0 Å². The fraction of sp³-hybridized carbons (Fsp3) is 0.0952. The summed E-state index contributed by atoms with van der Waals surface area (Å²) >= 11 is 0. The number of Topliss-reactive ketones (excluding diaryl/α,β-unsaturated/α-hetero) is 1. The molecule has 0 aliphatic rings. The molecule has 6 heteroatoms. The Bertz CT molecular complexity index is 1000. The van der Waals surface area contributed by atoms with Gasteiger partial charge in [-0.2, -0.15) is 0 Å². The SMILES string of the molecule is C=C(N)/N=C(\C(C#Cc1ccc(N)nc1)=C(\C)N)c1cccc(C(C)=O)c1. The van der Waals surface area contributed by atoms with Crippen molar-refractivity contribution in [2.24, 2.45) is 16.5 Å². The summed E-state index contributed by atoms with van der Waals surface area (Å²) in [5, 5.41) is 0. The van der Waals surface area contributed by atoms with Crippen LogP contribution in [0.4, 0.5) is 5.82 Å². The molecule has 1 heterocycles. The minimum Gasteiger partial charge on any atom is -0.401 e. The van der Waals surface area contributed by atoms with E-state index in [1.165, 1.54) is 6.92 Å². The van der Waals surface area contributed by atoms with Crippen molar-refractivity contribution in [1.29, 1.82) is 0 Å². The molecule has 0 atom stereocenters. The molecular formula is C21H21N5O.